The van der Waals surface area contributed by atoms with Crippen LogP contribution >= 0.6 is 21.6 Å². The van der Waals surface area contributed by atoms with Gasteiger partial charge in [-0.05, 0) is 0 Å². The lowest BCUT2D eigenvalue weighted by atomic mass is 10.4. The van der Waals surface area contributed by atoms with E-state index in [9.17, 15) is 9.59 Å². The monoisotopic (exact) mass is 264 g/mol. The first-order valence-corrected chi connectivity index (χ1v) is 7.58. The second-order valence-corrected chi connectivity index (χ2v) is 6.42. The molecule has 6 heteroatoms. The van der Waals surface area contributed by atoms with E-state index in [4.69, 9.17) is 0 Å². The van der Waals surface area contributed by atoms with E-state index >= 15 is 0 Å². The maximum atomic E-state index is 11.2. The van der Waals surface area contributed by atoms with Gasteiger partial charge in [0.15, 0.2) is 0 Å². The lowest BCUT2D eigenvalue weighted by Crippen LogP contribution is -2.22. The highest BCUT2D eigenvalue weighted by atomic mass is 33.1. The lowest BCUT2D eigenvalue weighted by molar-refractivity contribution is -0.129. The van der Waals surface area contributed by atoms with E-state index in [1.807, 2.05) is 0 Å². The first kappa shape index (κ1) is 15.6. The summed E-state index contributed by atoms with van der Waals surface area (Å²) in [6.07, 6.45) is 1.12. The van der Waals surface area contributed by atoms with Gasteiger partial charge < -0.3 is 9.80 Å². The first-order valence-electron chi connectivity index (χ1n) is 5.10. The van der Waals surface area contributed by atoms with Crippen LogP contribution < -0.4 is 0 Å². The number of hydrogen-bond acceptors (Lipinski definition) is 4. The average Bonchev–Trinajstić information content (AvgIpc) is 2.21. The van der Waals surface area contributed by atoms with E-state index in [2.05, 4.69) is 0 Å². The van der Waals surface area contributed by atoms with Crippen LogP contribution in [0.3, 0.4) is 0 Å². The van der Waals surface area contributed by atoms with Gasteiger partial charge in [0.1, 0.15) is 0 Å². The fraction of sp³-hybridized carbons (Fsp3) is 0.800. The number of nitrogens with zero attached hydrogens (tertiary/aromatic N) is 2. The fourth-order valence-electron chi connectivity index (χ4n) is 0.823. The quantitative estimate of drug-likeness (QED) is 0.514. The van der Waals surface area contributed by atoms with Gasteiger partial charge >= 0.3 is 0 Å². The maximum Gasteiger partial charge on any atom is 0.222 e. The Hall–Kier alpha value is -0.360. The third-order valence-corrected chi connectivity index (χ3v) is 4.29. The Morgan fingerprint density at radius 3 is 1.38 bits per heavy atom. The minimum Gasteiger partial charge on any atom is -0.349 e. The van der Waals surface area contributed by atoms with Crippen molar-refractivity contribution in [2.24, 2.45) is 0 Å². The van der Waals surface area contributed by atoms with Crippen LogP contribution in [-0.4, -0.2) is 61.3 Å². The van der Waals surface area contributed by atoms with Gasteiger partial charge in [-0.2, -0.15) is 0 Å². The van der Waals surface area contributed by atoms with Gasteiger partial charge in [-0.15, -0.1) is 0 Å². The van der Waals surface area contributed by atoms with Crippen LogP contribution in [0.4, 0.5) is 0 Å². The summed E-state index contributed by atoms with van der Waals surface area (Å²) in [5.74, 6) is 1.91. The molecule has 0 aromatic carbocycles. The Morgan fingerprint density at radius 2 is 1.12 bits per heavy atom. The smallest absolute Gasteiger partial charge is 0.222 e. The van der Waals surface area contributed by atoms with Crippen LogP contribution in [-0.2, 0) is 9.59 Å². The summed E-state index contributed by atoms with van der Waals surface area (Å²) in [6, 6.07) is 0. The molecule has 0 rings (SSSR count). The molecule has 0 aromatic rings. The van der Waals surface area contributed by atoms with Crippen molar-refractivity contribution in [2.45, 2.75) is 12.8 Å². The van der Waals surface area contributed by atoms with Crippen LogP contribution in [0.2, 0.25) is 0 Å². The van der Waals surface area contributed by atoms with E-state index < -0.39 is 0 Å². The molecular weight excluding hydrogens is 244 g/mol. The summed E-state index contributed by atoms with van der Waals surface area (Å²) in [5.41, 5.74) is 0. The van der Waals surface area contributed by atoms with E-state index in [1.165, 1.54) is 0 Å². The molecule has 0 aliphatic carbocycles. The van der Waals surface area contributed by atoms with Gasteiger partial charge in [0.25, 0.3) is 0 Å². The van der Waals surface area contributed by atoms with E-state index in [-0.39, 0.29) is 11.8 Å². The van der Waals surface area contributed by atoms with Crippen molar-refractivity contribution in [3.8, 4) is 0 Å². The molecule has 0 aliphatic rings. The molecule has 0 N–H and O–H groups in total. The number of carbonyl (C=O) groups is 2. The van der Waals surface area contributed by atoms with Crippen molar-refractivity contribution >= 4 is 33.4 Å². The summed E-state index contributed by atoms with van der Waals surface area (Å²) in [7, 11) is 10.3. The molecule has 94 valence electrons. The predicted molar refractivity (Wildman–Crippen MR) is 71.5 cm³/mol. The summed E-state index contributed by atoms with van der Waals surface area (Å²) < 4.78 is 0. The van der Waals surface area contributed by atoms with Crippen molar-refractivity contribution < 1.29 is 9.59 Å². The summed E-state index contributed by atoms with van der Waals surface area (Å²) in [6.45, 7) is 0. The fourth-order valence-corrected chi connectivity index (χ4v) is 2.78. The van der Waals surface area contributed by atoms with Crippen LogP contribution in [0.1, 0.15) is 12.8 Å². The molecule has 0 saturated carbocycles. The van der Waals surface area contributed by atoms with E-state index in [0.717, 1.165) is 11.5 Å². The second kappa shape index (κ2) is 8.75. The highest BCUT2D eigenvalue weighted by molar-refractivity contribution is 8.76. The molecule has 0 bridgehead atoms. The minimum absolute atomic E-state index is 0.150. The second-order valence-electron chi connectivity index (χ2n) is 3.72. The first-order chi connectivity index (χ1) is 7.45. The van der Waals surface area contributed by atoms with Crippen molar-refractivity contribution in [3.05, 3.63) is 0 Å². The Bertz CT molecular complexity index is 209. The summed E-state index contributed by atoms with van der Waals surface area (Å²) in [5, 5.41) is 0. The van der Waals surface area contributed by atoms with Crippen molar-refractivity contribution in [3.63, 3.8) is 0 Å². The van der Waals surface area contributed by atoms with Crippen LogP contribution in [0.25, 0.3) is 0 Å². The van der Waals surface area contributed by atoms with Crippen molar-refractivity contribution in [1.29, 1.82) is 0 Å². The highest BCUT2D eigenvalue weighted by Crippen LogP contribution is 2.22. The average molecular weight is 264 g/mol. The Labute approximate surface area is 106 Å². The largest absolute Gasteiger partial charge is 0.349 e. The minimum atomic E-state index is 0.150. The Kier molecular flexibility index (Phi) is 8.56. The zero-order valence-electron chi connectivity index (χ0n) is 10.4. The van der Waals surface area contributed by atoms with Gasteiger partial charge in [0.05, 0.1) is 0 Å². The topological polar surface area (TPSA) is 40.6 Å². The summed E-state index contributed by atoms with van der Waals surface area (Å²) >= 11 is 0. The molecule has 0 saturated heterocycles. The molecule has 0 fully saturated rings. The molecule has 0 aromatic heterocycles. The Balaban J connectivity index is 3.35. The number of carbonyl (C=O) groups excluding carboxylic acids is 2. The number of amides is 2. The SMILES string of the molecule is CN(C)C(=O)CCSSCCC(=O)N(C)C. The molecule has 4 nitrogen and oxygen atoms in total. The van der Waals surface area contributed by atoms with E-state index in [1.54, 1.807) is 59.6 Å². The molecular formula is C10H20N2O2S2. The molecule has 16 heavy (non-hydrogen) atoms. The predicted octanol–water partition coefficient (Wildman–Crippen LogP) is 1.32. The molecule has 0 spiro atoms. The third-order valence-electron chi connectivity index (χ3n) is 1.88. The molecule has 0 heterocycles. The molecule has 2 amide bonds. The van der Waals surface area contributed by atoms with Gasteiger partial charge in [0, 0.05) is 52.5 Å². The molecule has 0 radical (unpaired) electrons. The van der Waals surface area contributed by atoms with Crippen molar-refractivity contribution in [2.75, 3.05) is 39.7 Å². The molecule has 0 unspecified atom stereocenters. The summed E-state index contributed by atoms with van der Waals surface area (Å²) in [4.78, 5) is 25.6. The zero-order valence-corrected chi connectivity index (χ0v) is 12.0. The highest BCUT2D eigenvalue weighted by Gasteiger charge is 2.05. The van der Waals surface area contributed by atoms with Gasteiger partial charge in [0.2, 0.25) is 11.8 Å². The normalized spacial score (nSPS) is 10.0. The number of hydrogen-bond donors (Lipinski definition) is 0. The third kappa shape index (κ3) is 7.87. The molecule has 0 atom stereocenters. The van der Waals surface area contributed by atoms with Crippen LogP contribution in [0.5, 0.6) is 0 Å². The standard InChI is InChI=1S/C10H20N2O2S2/c1-11(2)9(13)5-7-15-16-8-6-10(14)12(3)4/h5-8H2,1-4H3. The van der Waals surface area contributed by atoms with Crippen molar-refractivity contribution in [1.82, 2.24) is 9.80 Å². The van der Waals surface area contributed by atoms with Crippen LogP contribution in [0, 0.1) is 0 Å². The van der Waals surface area contributed by atoms with Crippen LogP contribution in [0.15, 0.2) is 0 Å². The lowest BCUT2D eigenvalue weighted by Gasteiger charge is -2.10. The van der Waals surface area contributed by atoms with Gasteiger partial charge in [-0.3, -0.25) is 9.59 Å². The number of rotatable bonds is 7. The zero-order chi connectivity index (χ0) is 12.6. The Morgan fingerprint density at radius 1 is 0.812 bits per heavy atom. The van der Waals surface area contributed by atoms with E-state index in [0.29, 0.717) is 12.8 Å². The van der Waals surface area contributed by atoms with Gasteiger partial charge in [-0.25, -0.2) is 0 Å². The van der Waals surface area contributed by atoms with Gasteiger partial charge in [-0.1, -0.05) is 21.6 Å². The molecule has 0 aliphatic heterocycles. The maximum absolute atomic E-state index is 11.2.